The molecule has 3 N–H and O–H groups in total. The number of anilines is 1. The predicted molar refractivity (Wildman–Crippen MR) is 83.8 cm³/mol. The summed E-state index contributed by atoms with van der Waals surface area (Å²) in [6.45, 7) is 3.90. The number of thiophene rings is 1. The van der Waals surface area contributed by atoms with Gasteiger partial charge in [-0.05, 0) is 48.1 Å². The lowest BCUT2D eigenvalue weighted by Crippen LogP contribution is -2.36. The molecule has 0 radical (unpaired) electrons. The van der Waals surface area contributed by atoms with Crippen molar-refractivity contribution >= 4 is 17.0 Å². The third-order valence-corrected chi connectivity index (χ3v) is 5.13. The highest BCUT2D eigenvalue weighted by atomic mass is 32.1. The monoisotopic (exact) mass is 288 g/mol. The van der Waals surface area contributed by atoms with Crippen LogP contribution in [0, 0.1) is 0 Å². The molecule has 1 aromatic carbocycles. The summed E-state index contributed by atoms with van der Waals surface area (Å²) in [5.74, 6) is 0. The van der Waals surface area contributed by atoms with Gasteiger partial charge >= 0.3 is 0 Å². The van der Waals surface area contributed by atoms with Crippen LogP contribution in [0.25, 0.3) is 0 Å². The van der Waals surface area contributed by atoms with Crippen molar-refractivity contribution < 1.29 is 5.11 Å². The molecule has 2 aromatic rings. The molecule has 0 amide bonds. The minimum Gasteiger partial charge on any atom is -0.399 e. The number of aliphatic hydroxyl groups is 1. The molecule has 20 heavy (non-hydrogen) atoms. The first kappa shape index (κ1) is 13.6. The van der Waals surface area contributed by atoms with E-state index in [4.69, 9.17) is 5.73 Å². The second-order valence-corrected chi connectivity index (χ2v) is 6.40. The molecule has 0 bridgehead atoms. The average molecular weight is 288 g/mol. The van der Waals surface area contributed by atoms with Crippen molar-refractivity contribution in [3.05, 3.63) is 51.7 Å². The van der Waals surface area contributed by atoms with Crippen LogP contribution < -0.4 is 5.73 Å². The van der Waals surface area contributed by atoms with Crippen LogP contribution in [-0.2, 0) is 6.42 Å². The molecule has 0 aliphatic carbocycles. The van der Waals surface area contributed by atoms with E-state index >= 15 is 0 Å². The summed E-state index contributed by atoms with van der Waals surface area (Å²) in [7, 11) is 0. The van der Waals surface area contributed by atoms with E-state index in [9.17, 15) is 5.11 Å². The van der Waals surface area contributed by atoms with Crippen molar-refractivity contribution in [1.82, 2.24) is 4.90 Å². The van der Waals surface area contributed by atoms with Crippen molar-refractivity contribution in [3.63, 3.8) is 0 Å². The molecule has 1 aromatic heterocycles. The van der Waals surface area contributed by atoms with Crippen LogP contribution in [0.1, 0.15) is 35.1 Å². The molecule has 1 aliphatic heterocycles. The molecule has 0 saturated carbocycles. The van der Waals surface area contributed by atoms with Crippen LogP contribution in [-0.4, -0.2) is 23.1 Å². The molecule has 0 saturated heterocycles. The van der Waals surface area contributed by atoms with E-state index < -0.39 is 6.10 Å². The SMILES string of the molecule is CC1c2ccsc2CCN1CC(O)c1ccc(N)cc1. The van der Waals surface area contributed by atoms with E-state index in [0.717, 1.165) is 24.2 Å². The highest BCUT2D eigenvalue weighted by Gasteiger charge is 2.26. The Balaban J connectivity index is 1.71. The maximum atomic E-state index is 10.4. The zero-order valence-corrected chi connectivity index (χ0v) is 12.4. The van der Waals surface area contributed by atoms with Crippen molar-refractivity contribution in [2.45, 2.75) is 25.5 Å². The zero-order chi connectivity index (χ0) is 14.1. The molecule has 4 heteroatoms. The largest absolute Gasteiger partial charge is 0.399 e. The molecule has 1 aliphatic rings. The van der Waals surface area contributed by atoms with Crippen molar-refractivity contribution in [2.75, 3.05) is 18.8 Å². The topological polar surface area (TPSA) is 49.5 Å². The molecule has 2 heterocycles. The second-order valence-electron chi connectivity index (χ2n) is 5.40. The standard InChI is InChI=1S/C16H20N2OS/c1-11-14-7-9-20-16(14)6-8-18(11)10-15(19)12-2-4-13(17)5-3-12/h2-5,7,9,11,15,19H,6,8,10,17H2,1H3. The highest BCUT2D eigenvalue weighted by molar-refractivity contribution is 7.10. The first-order chi connectivity index (χ1) is 9.65. The summed E-state index contributed by atoms with van der Waals surface area (Å²) in [5, 5.41) is 12.6. The number of rotatable bonds is 3. The van der Waals surface area contributed by atoms with Gasteiger partial charge in [0.05, 0.1) is 6.10 Å². The van der Waals surface area contributed by atoms with Gasteiger partial charge in [-0.2, -0.15) is 0 Å². The Kier molecular flexibility index (Phi) is 3.78. The molecule has 2 unspecified atom stereocenters. The number of nitrogens with two attached hydrogens (primary N) is 1. The van der Waals surface area contributed by atoms with Crippen molar-refractivity contribution in [2.24, 2.45) is 0 Å². The van der Waals surface area contributed by atoms with Crippen LogP contribution in [0.2, 0.25) is 0 Å². The Morgan fingerprint density at radius 3 is 2.85 bits per heavy atom. The fourth-order valence-corrected chi connectivity index (χ4v) is 3.82. The van der Waals surface area contributed by atoms with E-state index in [0.29, 0.717) is 12.6 Å². The van der Waals surface area contributed by atoms with Gasteiger partial charge in [-0.25, -0.2) is 0 Å². The number of hydrogen-bond donors (Lipinski definition) is 2. The van der Waals surface area contributed by atoms with E-state index in [1.807, 2.05) is 35.6 Å². The summed E-state index contributed by atoms with van der Waals surface area (Å²) in [5.41, 5.74) is 8.77. The number of nitrogen functional groups attached to an aromatic ring is 1. The first-order valence-corrected chi connectivity index (χ1v) is 7.87. The molecule has 0 fully saturated rings. The Labute approximate surface area is 123 Å². The minimum atomic E-state index is -0.460. The molecule has 3 nitrogen and oxygen atoms in total. The number of β-amino-alcohol motifs (C(OH)–C–C–N with tert-alkyl or cyclic N) is 1. The summed E-state index contributed by atoms with van der Waals surface area (Å²) < 4.78 is 0. The molecule has 3 rings (SSSR count). The predicted octanol–water partition coefficient (Wildman–Crippen LogP) is 2.98. The highest BCUT2D eigenvalue weighted by Crippen LogP contribution is 2.33. The van der Waals surface area contributed by atoms with Crippen LogP contribution in [0.4, 0.5) is 5.69 Å². The number of fused-ring (bicyclic) bond motifs is 1. The molecule has 2 atom stereocenters. The number of hydrogen-bond acceptors (Lipinski definition) is 4. The summed E-state index contributed by atoms with van der Waals surface area (Å²) in [4.78, 5) is 3.85. The van der Waals surface area contributed by atoms with Gasteiger partial charge in [0.25, 0.3) is 0 Å². The maximum Gasteiger partial charge on any atom is 0.0917 e. The second kappa shape index (κ2) is 5.56. The lowest BCUT2D eigenvalue weighted by Gasteiger charge is -2.35. The first-order valence-electron chi connectivity index (χ1n) is 6.99. The summed E-state index contributed by atoms with van der Waals surface area (Å²) in [6, 6.07) is 10.1. The number of aliphatic hydroxyl groups excluding tert-OH is 1. The zero-order valence-electron chi connectivity index (χ0n) is 11.6. The number of nitrogens with zero attached hydrogens (tertiary/aromatic N) is 1. The van der Waals surface area contributed by atoms with Gasteiger partial charge < -0.3 is 10.8 Å². The Morgan fingerprint density at radius 1 is 1.35 bits per heavy atom. The molecular formula is C16H20N2OS. The van der Waals surface area contributed by atoms with E-state index in [2.05, 4.69) is 23.3 Å². The van der Waals surface area contributed by atoms with E-state index in [1.54, 1.807) is 0 Å². The fraction of sp³-hybridized carbons (Fsp3) is 0.375. The van der Waals surface area contributed by atoms with Crippen LogP contribution in [0.5, 0.6) is 0 Å². The maximum absolute atomic E-state index is 10.4. The third-order valence-electron chi connectivity index (χ3n) is 4.13. The van der Waals surface area contributed by atoms with Gasteiger partial charge in [0.15, 0.2) is 0 Å². The minimum absolute atomic E-state index is 0.383. The molecule has 0 spiro atoms. The van der Waals surface area contributed by atoms with Crippen LogP contribution >= 0.6 is 11.3 Å². The lowest BCUT2D eigenvalue weighted by molar-refractivity contribution is 0.0871. The smallest absolute Gasteiger partial charge is 0.0917 e. The van der Waals surface area contributed by atoms with E-state index in [-0.39, 0.29) is 0 Å². The van der Waals surface area contributed by atoms with Gasteiger partial charge in [-0.15, -0.1) is 11.3 Å². The Morgan fingerprint density at radius 2 is 2.10 bits per heavy atom. The molecule has 106 valence electrons. The average Bonchev–Trinajstić information content (AvgIpc) is 2.92. The third kappa shape index (κ3) is 2.59. The lowest BCUT2D eigenvalue weighted by atomic mass is 10.00. The van der Waals surface area contributed by atoms with Gasteiger partial charge in [0.1, 0.15) is 0 Å². The normalized spacial score (nSPS) is 20.6. The summed E-state index contributed by atoms with van der Waals surface area (Å²) in [6.07, 6.45) is 0.629. The van der Waals surface area contributed by atoms with Gasteiger partial charge in [0.2, 0.25) is 0 Å². The fourth-order valence-electron chi connectivity index (χ4n) is 2.86. The Bertz CT molecular complexity index is 578. The van der Waals surface area contributed by atoms with Gasteiger partial charge in [-0.1, -0.05) is 12.1 Å². The molecular weight excluding hydrogens is 268 g/mol. The number of benzene rings is 1. The van der Waals surface area contributed by atoms with E-state index in [1.165, 1.54) is 10.4 Å². The summed E-state index contributed by atoms with van der Waals surface area (Å²) >= 11 is 1.84. The van der Waals surface area contributed by atoms with Gasteiger partial charge in [-0.3, -0.25) is 4.90 Å². The van der Waals surface area contributed by atoms with Gasteiger partial charge in [0, 0.05) is 29.7 Å². The quantitative estimate of drug-likeness (QED) is 0.854. The Hall–Kier alpha value is -1.36. The van der Waals surface area contributed by atoms with Crippen LogP contribution in [0.15, 0.2) is 35.7 Å². The van der Waals surface area contributed by atoms with Crippen molar-refractivity contribution in [1.29, 1.82) is 0 Å². The van der Waals surface area contributed by atoms with Crippen LogP contribution in [0.3, 0.4) is 0 Å². The van der Waals surface area contributed by atoms with Crippen molar-refractivity contribution in [3.8, 4) is 0 Å².